The zero-order chi connectivity index (χ0) is 15.5. The van der Waals surface area contributed by atoms with E-state index in [2.05, 4.69) is 0 Å². The third-order valence-electron chi connectivity index (χ3n) is 4.80. The van der Waals surface area contributed by atoms with Crippen LogP contribution in [0.25, 0.3) is 0 Å². The number of aliphatic carboxylic acids is 1. The van der Waals surface area contributed by atoms with Crippen LogP contribution in [-0.2, 0) is 19.1 Å². The number of piperidine rings is 1. The van der Waals surface area contributed by atoms with Gasteiger partial charge in [-0.3, -0.25) is 9.59 Å². The summed E-state index contributed by atoms with van der Waals surface area (Å²) in [5.74, 6) is -1.52. The third kappa shape index (κ3) is 3.19. The Bertz CT molecular complexity index is 428. The molecular formula is C15H23NO5. The normalized spacial score (nSPS) is 24.6. The van der Waals surface area contributed by atoms with Crippen molar-refractivity contribution < 1.29 is 24.2 Å². The number of carbonyl (C=O) groups excluding carboxylic acids is 2. The van der Waals surface area contributed by atoms with Crippen LogP contribution in [0, 0.1) is 5.41 Å². The van der Waals surface area contributed by atoms with Crippen molar-refractivity contribution in [3.63, 3.8) is 0 Å². The number of esters is 1. The molecule has 1 unspecified atom stereocenters. The van der Waals surface area contributed by atoms with Gasteiger partial charge < -0.3 is 14.7 Å². The fraction of sp³-hybridized carbons (Fsp3) is 0.800. The Morgan fingerprint density at radius 2 is 1.86 bits per heavy atom. The predicted octanol–water partition coefficient (Wildman–Crippen LogP) is 1.58. The van der Waals surface area contributed by atoms with E-state index in [4.69, 9.17) is 4.74 Å². The fourth-order valence-corrected chi connectivity index (χ4v) is 3.52. The van der Waals surface area contributed by atoms with Crippen molar-refractivity contribution in [1.82, 2.24) is 4.90 Å². The van der Waals surface area contributed by atoms with Gasteiger partial charge in [0.15, 0.2) is 0 Å². The summed E-state index contributed by atoms with van der Waals surface area (Å²) in [5.41, 5.74) is -0.935. The van der Waals surface area contributed by atoms with Crippen molar-refractivity contribution in [2.24, 2.45) is 5.41 Å². The number of likely N-dealkylation sites (tertiary alicyclic amines) is 1. The number of hydrogen-bond donors (Lipinski definition) is 1. The van der Waals surface area contributed by atoms with Gasteiger partial charge in [0.25, 0.3) is 0 Å². The summed E-state index contributed by atoms with van der Waals surface area (Å²) < 4.78 is 4.76. The van der Waals surface area contributed by atoms with E-state index < -0.39 is 23.4 Å². The van der Waals surface area contributed by atoms with Crippen LogP contribution in [0.1, 0.15) is 51.4 Å². The summed E-state index contributed by atoms with van der Waals surface area (Å²) in [6.45, 7) is 0.508. The first-order chi connectivity index (χ1) is 10.00. The number of carboxylic acids is 1. The zero-order valence-corrected chi connectivity index (χ0v) is 12.5. The van der Waals surface area contributed by atoms with Gasteiger partial charge >= 0.3 is 11.9 Å². The first kappa shape index (κ1) is 15.8. The molecule has 0 bridgehead atoms. The molecule has 1 saturated carbocycles. The Balaban J connectivity index is 2.10. The van der Waals surface area contributed by atoms with Crippen molar-refractivity contribution in [3.8, 4) is 0 Å². The number of nitrogens with zero attached hydrogens (tertiary/aromatic N) is 1. The van der Waals surface area contributed by atoms with Crippen molar-refractivity contribution in [2.45, 2.75) is 57.4 Å². The quantitative estimate of drug-likeness (QED) is 0.796. The molecule has 0 aromatic heterocycles. The lowest BCUT2D eigenvalue weighted by Gasteiger charge is -2.36. The van der Waals surface area contributed by atoms with Gasteiger partial charge in [0.1, 0.15) is 6.04 Å². The van der Waals surface area contributed by atoms with E-state index in [9.17, 15) is 19.5 Å². The molecule has 1 N–H and O–H groups in total. The van der Waals surface area contributed by atoms with E-state index in [1.807, 2.05) is 0 Å². The Morgan fingerprint density at radius 1 is 1.19 bits per heavy atom. The molecule has 1 aliphatic carbocycles. The Morgan fingerprint density at radius 3 is 2.43 bits per heavy atom. The molecule has 1 atom stereocenters. The number of ether oxygens (including phenoxy) is 1. The summed E-state index contributed by atoms with van der Waals surface area (Å²) in [4.78, 5) is 37.4. The zero-order valence-electron chi connectivity index (χ0n) is 12.5. The van der Waals surface area contributed by atoms with Crippen LogP contribution in [0.15, 0.2) is 0 Å². The minimum Gasteiger partial charge on any atom is -0.481 e. The second-order valence-corrected chi connectivity index (χ2v) is 6.09. The van der Waals surface area contributed by atoms with Gasteiger partial charge in [-0.25, -0.2) is 4.79 Å². The first-order valence-electron chi connectivity index (χ1n) is 7.61. The molecule has 21 heavy (non-hydrogen) atoms. The van der Waals surface area contributed by atoms with Gasteiger partial charge in [-0.2, -0.15) is 0 Å². The summed E-state index contributed by atoms with van der Waals surface area (Å²) >= 11 is 0. The summed E-state index contributed by atoms with van der Waals surface area (Å²) in [7, 11) is 1.31. The van der Waals surface area contributed by atoms with Crippen LogP contribution in [0.3, 0.4) is 0 Å². The summed E-state index contributed by atoms with van der Waals surface area (Å²) in [6.07, 6.45) is 5.11. The second-order valence-electron chi connectivity index (χ2n) is 6.09. The predicted molar refractivity (Wildman–Crippen MR) is 74.5 cm³/mol. The van der Waals surface area contributed by atoms with E-state index in [0.29, 0.717) is 25.8 Å². The van der Waals surface area contributed by atoms with Crippen LogP contribution in [0.2, 0.25) is 0 Å². The molecule has 0 radical (unpaired) electrons. The molecule has 1 heterocycles. The molecule has 0 aromatic rings. The molecule has 2 aliphatic rings. The highest BCUT2D eigenvalue weighted by Gasteiger charge is 2.45. The van der Waals surface area contributed by atoms with Crippen molar-refractivity contribution in [3.05, 3.63) is 0 Å². The highest BCUT2D eigenvalue weighted by Crippen LogP contribution is 2.42. The Hall–Kier alpha value is -1.59. The van der Waals surface area contributed by atoms with E-state index >= 15 is 0 Å². The molecule has 1 amide bonds. The fourth-order valence-electron chi connectivity index (χ4n) is 3.52. The summed E-state index contributed by atoms with van der Waals surface area (Å²) in [6, 6.07) is -0.552. The second kappa shape index (κ2) is 6.45. The molecule has 2 rings (SSSR count). The molecule has 6 nitrogen and oxygen atoms in total. The molecule has 118 valence electrons. The molecule has 0 spiro atoms. The molecule has 0 aromatic carbocycles. The largest absolute Gasteiger partial charge is 0.481 e. The SMILES string of the molecule is COC(=O)C1CCCCN1C(=O)CC1(C(=O)O)CCCC1. The molecule has 6 heteroatoms. The lowest BCUT2D eigenvalue weighted by atomic mass is 9.82. The first-order valence-corrected chi connectivity index (χ1v) is 7.61. The van der Waals surface area contributed by atoms with E-state index in [-0.39, 0.29) is 12.3 Å². The highest BCUT2D eigenvalue weighted by molar-refractivity contribution is 5.88. The maximum atomic E-state index is 12.5. The average molecular weight is 297 g/mol. The maximum Gasteiger partial charge on any atom is 0.328 e. The molecule has 2 fully saturated rings. The van der Waals surface area contributed by atoms with Crippen molar-refractivity contribution >= 4 is 17.8 Å². The number of rotatable bonds is 4. The van der Waals surface area contributed by atoms with Gasteiger partial charge in [-0.1, -0.05) is 12.8 Å². The topological polar surface area (TPSA) is 83.9 Å². The van der Waals surface area contributed by atoms with Crippen LogP contribution < -0.4 is 0 Å². The number of carboxylic acid groups (broad SMARTS) is 1. The van der Waals surface area contributed by atoms with Gasteiger partial charge in [-0.15, -0.1) is 0 Å². The van der Waals surface area contributed by atoms with E-state index in [1.54, 1.807) is 0 Å². The molecular weight excluding hydrogens is 274 g/mol. The van der Waals surface area contributed by atoms with Crippen molar-refractivity contribution in [1.29, 1.82) is 0 Å². The molecule has 1 saturated heterocycles. The van der Waals surface area contributed by atoms with E-state index in [1.165, 1.54) is 12.0 Å². The lowest BCUT2D eigenvalue weighted by molar-refractivity contribution is -0.159. The maximum absolute atomic E-state index is 12.5. The monoisotopic (exact) mass is 297 g/mol. The van der Waals surface area contributed by atoms with Gasteiger partial charge in [0, 0.05) is 13.0 Å². The van der Waals surface area contributed by atoms with Gasteiger partial charge in [0.05, 0.1) is 12.5 Å². The highest BCUT2D eigenvalue weighted by atomic mass is 16.5. The minimum absolute atomic E-state index is 0.00414. The number of methoxy groups -OCH3 is 1. The van der Waals surface area contributed by atoms with Crippen LogP contribution in [0.4, 0.5) is 0 Å². The standard InChI is InChI=1S/C15H23NO5/c1-21-13(18)11-6-2-5-9-16(11)12(17)10-15(14(19)20)7-3-4-8-15/h11H,2-10H2,1H3,(H,19,20). The van der Waals surface area contributed by atoms with Crippen molar-refractivity contribution in [2.75, 3.05) is 13.7 Å². The smallest absolute Gasteiger partial charge is 0.328 e. The summed E-state index contributed by atoms with van der Waals surface area (Å²) in [5, 5.41) is 9.47. The van der Waals surface area contributed by atoms with E-state index in [0.717, 1.165) is 25.7 Å². The number of carbonyl (C=O) groups is 3. The third-order valence-corrected chi connectivity index (χ3v) is 4.80. The van der Waals surface area contributed by atoms with Crippen LogP contribution in [0.5, 0.6) is 0 Å². The minimum atomic E-state index is -0.935. The Kier molecular flexibility index (Phi) is 4.85. The average Bonchev–Trinajstić information content (AvgIpc) is 2.96. The number of hydrogen-bond acceptors (Lipinski definition) is 4. The Labute approximate surface area is 124 Å². The molecule has 1 aliphatic heterocycles. The van der Waals surface area contributed by atoms with Gasteiger partial charge in [0.2, 0.25) is 5.91 Å². The van der Waals surface area contributed by atoms with Crippen LogP contribution in [-0.4, -0.2) is 47.5 Å². The van der Waals surface area contributed by atoms with Gasteiger partial charge in [-0.05, 0) is 32.1 Å². The lowest BCUT2D eigenvalue weighted by Crippen LogP contribution is -2.50. The number of amides is 1. The van der Waals surface area contributed by atoms with Crippen LogP contribution >= 0.6 is 0 Å².